The summed E-state index contributed by atoms with van der Waals surface area (Å²) in [6.07, 6.45) is 3.09. The molecule has 4 nitrogen and oxygen atoms in total. The average molecular weight is 225 g/mol. The highest BCUT2D eigenvalue weighted by molar-refractivity contribution is 4.99. The third-order valence-electron chi connectivity index (χ3n) is 2.57. The van der Waals surface area contributed by atoms with Crippen molar-refractivity contribution in [2.75, 3.05) is 6.54 Å². The molecule has 1 rings (SSSR count). The topological polar surface area (TPSA) is 50.1 Å². The Kier molecular flexibility index (Phi) is 4.50. The lowest BCUT2D eigenvalue weighted by Gasteiger charge is -2.17. The third-order valence-corrected chi connectivity index (χ3v) is 2.57. The molecule has 92 valence electrons. The van der Waals surface area contributed by atoms with E-state index in [1.807, 2.05) is 16.9 Å². The second-order valence-electron chi connectivity index (χ2n) is 4.96. The molecule has 4 heteroatoms. The maximum atomic E-state index is 9.54. The molecule has 0 amide bonds. The summed E-state index contributed by atoms with van der Waals surface area (Å²) in [4.78, 5) is 0. The van der Waals surface area contributed by atoms with Gasteiger partial charge in [-0.1, -0.05) is 6.92 Å². The summed E-state index contributed by atoms with van der Waals surface area (Å²) in [7, 11) is 0. The van der Waals surface area contributed by atoms with Crippen LogP contribution in [0, 0.1) is 0 Å². The molecule has 0 bridgehead atoms. The van der Waals surface area contributed by atoms with E-state index < -0.39 is 5.60 Å². The van der Waals surface area contributed by atoms with Crippen molar-refractivity contribution >= 4 is 0 Å². The summed E-state index contributed by atoms with van der Waals surface area (Å²) in [5.41, 5.74) is 0.351. The monoisotopic (exact) mass is 225 g/mol. The fourth-order valence-corrected chi connectivity index (χ4v) is 1.40. The summed E-state index contributed by atoms with van der Waals surface area (Å²) in [6.45, 7) is 9.16. The molecule has 1 unspecified atom stereocenters. The van der Waals surface area contributed by atoms with Crippen molar-refractivity contribution in [1.29, 1.82) is 0 Å². The van der Waals surface area contributed by atoms with Crippen molar-refractivity contribution in [1.82, 2.24) is 15.1 Å². The minimum atomic E-state index is -0.667. The highest BCUT2D eigenvalue weighted by atomic mass is 16.3. The van der Waals surface area contributed by atoms with Gasteiger partial charge in [0.15, 0.2) is 0 Å². The van der Waals surface area contributed by atoms with Gasteiger partial charge in [0.25, 0.3) is 0 Å². The Bertz CT molecular complexity index is 314. The fraction of sp³-hybridized carbons (Fsp3) is 0.750. The average Bonchev–Trinajstić information content (AvgIpc) is 2.63. The van der Waals surface area contributed by atoms with E-state index >= 15 is 0 Å². The lowest BCUT2D eigenvalue weighted by molar-refractivity contribution is 0.0794. The number of aliphatic hydroxyl groups is 1. The molecule has 0 saturated heterocycles. The van der Waals surface area contributed by atoms with Gasteiger partial charge in [0.1, 0.15) is 0 Å². The first-order valence-electron chi connectivity index (χ1n) is 5.89. The van der Waals surface area contributed by atoms with Crippen LogP contribution in [0.25, 0.3) is 0 Å². The SMILES string of the molecule is CCC(C)n1ccc(CNCC(C)(C)O)n1. The predicted octanol–water partition coefficient (Wildman–Crippen LogP) is 1.71. The highest BCUT2D eigenvalue weighted by Crippen LogP contribution is 2.09. The standard InChI is InChI=1S/C12H23N3O/c1-5-10(2)15-7-6-11(14-15)8-13-9-12(3,4)16/h6-7,10,13,16H,5,8-9H2,1-4H3. The van der Waals surface area contributed by atoms with Gasteiger partial charge in [-0.15, -0.1) is 0 Å². The van der Waals surface area contributed by atoms with Crippen molar-refractivity contribution in [3.8, 4) is 0 Å². The summed E-state index contributed by atoms with van der Waals surface area (Å²) in [5, 5.41) is 17.2. The van der Waals surface area contributed by atoms with Crippen LogP contribution in [-0.4, -0.2) is 27.0 Å². The Morgan fingerprint density at radius 3 is 2.81 bits per heavy atom. The van der Waals surface area contributed by atoms with Crippen LogP contribution in [0.3, 0.4) is 0 Å². The van der Waals surface area contributed by atoms with Crippen LogP contribution in [0.2, 0.25) is 0 Å². The van der Waals surface area contributed by atoms with E-state index in [2.05, 4.69) is 24.3 Å². The lowest BCUT2D eigenvalue weighted by atomic mass is 10.1. The zero-order chi connectivity index (χ0) is 12.2. The van der Waals surface area contributed by atoms with Gasteiger partial charge < -0.3 is 10.4 Å². The number of hydrogen-bond donors (Lipinski definition) is 2. The molecule has 0 radical (unpaired) electrons. The Morgan fingerprint density at radius 2 is 2.25 bits per heavy atom. The number of nitrogens with one attached hydrogen (secondary N) is 1. The molecular weight excluding hydrogens is 202 g/mol. The second kappa shape index (κ2) is 5.46. The van der Waals surface area contributed by atoms with Gasteiger partial charge >= 0.3 is 0 Å². The van der Waals surface area contributed by atoms with E-state index in [1.54, 1.807) is 13.8 Å². The smallest absolute Gasteiger partial charge is 0.0762 e. The van der Waals surface area contributed by atoms with Crippen LogP contribution in [-0.2, 0) is 6.54 Å². The van der Waals surface area contributed by atoms with Gasteiger partial charge in [0.05, 0.1) is 11.3 Å². The van der Waals surface area contributed by atoms with Gasteiger partial charge in [-0.2, -0.15) is 5.10 Å². The predicted molar refractivity (Wildman–Crippen MR) is 65.2 cm³/mol. The van der Waals surface area contributed by atoms with Crippen LogP contribution >= 0.6 is 0 Å². The molecule has 0 spiro atoms. The first-order chi connectivity index (χ1) is 7.42. The van der Waals surface area contributed by atoms with Crippen molar-refractivity contribution in [2.24, 2.45) is 0 Å². The summed E-state index contributed by atoms with van der Waals surface area (Å²) in [6, 6.07) is 2.46. The van der Waals surface area contributed by atoms with E-state index in [0.717, 1.165) is 12.1 Å². The van der Waals surface area contributed by atoms with Gasteiger partial charge in [0.2, 0.25) is 0 Å². The van der Waals surface area contributed by atoms with Gasteiger partial charge in [-0.25, -0.2) is 0 Å². The minimum Gasteiger partial charge on any atom is -0.389 e. The van der Waals surface area contributed by atoms with Gasteiger partial charge in [-0.05, 0) is 33.3 Å². The summed E-state index contributed by atoms with van der Waals surface area (Å²) in [5.74, 6) is 0. The molecule has 0 aliphatic carbocycles. The number of rotatable bonds is 6. The van der Waals surface area contributed by atoms with E-state index in [-0.39, 0.29) is 0 Å². The number of nitrogens with zero attached hydrogens (tertiary/aromatic N) is 2. The molecule has 1 heterocycles. The normalized spacial score (nSPS) is 14.1. The molecular formula is C12H23N3O. The molecule has 1 aromatic heterocycles. The second-order valence-corrected chi connectivity index (χ2v) is 4.96. The lowest BCUT2D eigenvalue weighted by Crippen LogP contribution is -2.34. The molecule has 0 aromatic carbocycles. The highest BCUT2D eigenvalue weighted by Gasteiger charge is 2.11. The van der Waals surface area contributed by atoms with Crippen molar-refractivity contribution in [3.05, 3.63) is 18.0 Å². The van der Waals surface area contributed by atoms with Crippen LogP contribution in [0.1, 0.15) is 45.9 Å². The fourth-order valence-electron chi connectivity index (χ4n) is 1.40. The van der Waals surface area contributed by atoms with Crippen molar-refractivity contribution in [2.45, 2.75) is 52.3 Å². The minimum absolute atomic E-state index is 0.447. The molecule has 0 saturated carbocycles. The summed E-state index contributed by atoms with van der Waals surface area (Å²) >= 11 is 0. The first kappa shape index (κ1) is 13.2. The molecule has 1 atom stereocenters. The Balaban J connectivity index is 2.41. The van der Waals surface area contributed by atoms with E-state index in [4.69, 9.17) is 0 Å². The van der Waals surface area contributed by atoms with Crippen LogP contribution < -0.4 is 5.32 Å². The quantitative estimate of drug-likeness (QED) is 0.775. The molecule has 16 heavy (non-hydrogen) atoms. The van der Waals surface area contributed by atoms with E-state index in [1.165, 1.54) is 0 Å². The van der Waals surface area contributed by atoms with Crippen molar-refractivity contribution < 1.29 is 5.11 Å². The van der Waals surface area contributed by atoms with Crippen molar-refractivity contribution in [3.63, 3.8) is 0 Å². The molecule has 0 aliphatic rings. The molecule has 0 fully saturated rings. The third kappa shape index (κ3) is 4.33. The summed E-state index contributed by atoms with van der Waals surface area (Å²) < 4.78 is 1.99. The number of hydrogen-bond acceptors (Lipinski definition) is 3. The maximum Gasteiger partial charge on any atom is 0.0762 e. The molecule has 0 aliphatic heterocycles. The zero-order valence-corrected chi connectivity index (χ0v) is 10.7. The largest absolute Gasteiger partial charge is 0.389 e. The Labute approximate surface area is 97.7 Å². The van der Waals surface area contributed by atoms with E-state index in [0.29, 0.717) is 19.1 Å². The first-order valence-corrected chi connectivity index (χ1v) is 5.89. The number of aromatic nitrogens is 2. The Morgan fingerprint density at radius 1 is 1.56 bits per heavy atom. The molecule has 1 aromatic rings. The van der Waals surface area contributed by atoms with Crippen LogP contribution in [0.5, 0.6) is 0 Å². The Hall–Kier alpha value is -0.870. The zero-order valence-electron chi connectivity index (χ0n) is 10.7. The van der Waals surface area contributed by atoms with Crippen LogP contribution in [0.4, 0.5) is 0 Å². The van der Waals surface area contributed by atoms with Gasteiger partial charge in [-0.3, -0.25) is 4.68 Å². The van der Waals surface area contributed by atoms with Crippen LogP contribution in [0.15, 0.2) is 12.3 Å². The molecule has 2 N–H and O–H groups in total. The van der Waals surface area contributed by atoms with E-state index in [9.17, 15) is 5.11 Å². The maximum absolute atomic E-state index is 9.54. The van der Waals surface area contributed by atoms with Gasteiger partial charge in [0, 0.05) is 25.3 Å².